The van der Waals surface area contributed by atoms with Crippen LogP contribution in [0.3, 0.4) is 0 Å². The second-order valence-electron chi connectivity index (χ2n) is 4.86. The molecule has 2 heterocycles. The van der Waals surface area contributed by atoms with E-state index in [1.54, 1.807) is 7.05 Å². The van der Waals surface area contributed by atoms with Gasteiger partial charge in [0.15, 0.2) is 0 Å². The number of aromatic nitrogens is 3. The number of hydrogen-bond donors (Lipinski definition) is 1. The Morgan fingerprint density at radius 2 is 2.00 bits per heavy atom. The van der Waals surface area contributed by atoms with Crippen LogP contribution >= 0.6 is 0 Å². The summed E-state index contributed by atoms with van der Waals surface area (Å²) >= 11 is 0. The molecule has 1 aromatic heterocycles. The van der Waals surface area contributed by atoms with Gasteiger partial charge in [-0.3, -0.25) is 9.36 Å². The van der Waals surface area contributed by atoms with Gasteiger partial charge < -0.3 is 10.2 Å². The Kier molecular flexibility index (Phi) is 3.51. The molecule has 0 aromatic carbocycles. The average Bonchev–Trinajstić information content (AvgIpc) is 2.33. The number of nitrogens with zero attached hydrogens (tertiary/aromatic N) is 4. The summed E-state index contributed by atoms with van der Waals surface area (Å²) in [5.41, 5.74) is -0.780. The first-order valence-corrected chi connectivity index (χ1v) is 6.08. The molecule has 100 valence electrons. The number of rotatable bonds is 2. The molecule has 1 aromatic rings. The molecule has 0 amide bonds. The molecule has 1 unspecified atom stereocenters. The van der Waals surface area contributed by atoms with Crippen LogP contribution in [0.1, 0.15) is 12.8 Å². The molecule has 7 heteroatoms. The Morgan fingerprint density at radius 3 is 2.67 bits per heavy atom. The van der Waals surface area contributed by atoms with Crippen molar-refractivity contribution in [3.05, 3.63) is 20.8 Å². The maximum atomic E-state index is 11.9. The van der Waals surface area contributed by atoms with E-state index in [1.807, 2.05) is 0 Å². The zero-order valence-electron chi connectivity index (χ0n) is 11.0. The molecule has 0 saturated carbocycles. The van der Waals surface area contributed by atoms with Crippen LogP contribution in [-0.4, -0.2) is 45.4 Å². The van der Waals surface area contributed by atoms with E-state index < -0.39 is 5.69 Å². The lowest BCUT2D eigenvalue weighted by atomic mass is 10.1. The summed E-state index contributed by atoms with van der Waals surface area (Å²) in [6, 6.07) is 0.210. The van der Waals surface area contributed by atoms with Gasteiger partial charge in [-0.1, -0.05) is 0 Å². The Balaban J connectivity index is 2.24. The molecule has 0 aliphatic carbocycles. The lowest BCUT2D eigenvalue weighted by Gasteiger charge is -2.30. The standard InChI is InChI=1S/C11H19N5O2/c1-14-6-4-5-8(7-14)12-9-10(17)15(2)11(18)16(3)13-9/h8H,4-7H2,1-3H3,(H,12,13). The van der Waals surface area contributed by atoms with Crippen LogP contribution in [0, 0.1) is 0 Å². The summed E-state index contributed by atoms with van der Waals surface area (Å²) in [4.78, 5) is 25.6. The van der Waals surface area contributed by atoms with Crippen molar-refractivity contribution in [3.63, 3.8) is 0 Å². The van der Waals surface area contributed by atoms with Gasteiger partial charge in [0.1, 0.15) is 0 Å². The fraction of sp³-hybridized carbons (Fsp3) is 0.727. The van der Waals surface area contributed by atoms with Gasteiger partial charge in [-0.2, -0.15) is 0 Å². The van der Waals surface area contributed by atoms with E-state index in [0.717, 1.165) is 30.5 Å². The highest BCUT2D eigenvalue weighted by Crippen LogP contribution is 2.10. The van der Waals surface area contributed by atoms with Gasteiger partial charge in [0.25, 0.3) is 5.56 Å². The molecule has 1 fully saturated rings. The van der Waals surface area contributed by atoms with E-state index >= 15 is 0 Å². The first-order chi connectivity index (χ1) is 8.49. The number of anilines is 1. The zero-order chi connectivity index (χ0) is 13.3. The molecule has 1 aliphatic rings. The molecule has 1 aliphatic heterocycles. The SMILES string of the molecule is CN1CCCC(Nc2nn(C)c(=O)n(C)c2=O)C1. The van der Waals surface area contributed by atoms with Gasteiger partial charge >= 0.3 is 5.69 Å². The molecule has 1 atom stereocenters. The number of likely N-dealkylation sites (N-methyl/N-ethyl adjacent to an activating group) is 1. The molecule has 2 rings (SSSR count). The highest BCUT2D eigenvalue weighted by atomic mass is 16.2. The molecular weight excluding hydrogens is 234 g/mol. The smallest absolute Gasteiger partial charge is 0.346 e. The van der Waals surface area contributed by atoms with Crippen LogP contribution in [0.5, 0.6) is 0 Å². The predicted octanol–water partition coefficient (Wildman–Crippen LogP) is -1.01. The highest BCUT2D eigenvalue weighted by molar-refractivity contribution is 5.31. The number of aryl methyl sites for hydroxylation is 1. The molecule has 0 bridgehead atoms. The summed E-state index contributed by atoms with van der Waals surface area (Å²) in [7, 11) is 5.06. The van der Waals surface area contributed by atoms with Crippen molar-refractivity contribution in [2.24, 2.45) is 14.1 Å². The third-order valence-corrected chi connectivity index (χ3v) is 3.29. The topological polar surface area (TPSA) is 72.2 Å². The zero-order valence-corrected chi connectivity index (χ0v) is 11.0. The Hall–Kier alpha value is -1.63. The monoisotopic (exact) mass is 253 g/mol. The molecule has 0 radical (unpaired) electrons. The van der Waals surface area contributed by atoms with Crippen molar-refractivity contribution in [3.8, 4) is 0 Å². The van der Waals surface area contributed by atoms with E-state index in [4.69, 9.17) is 0 Å². The number of hydrogen-bond acceptors (Lipinski definition) is 5. The summed E-state index contributed by atoms with van der Waals surface area (Å²) in [5, 5.41) is 7.14. The minimum absolute atomic E-state index is 0.210. The summed E-state index contributed by atoms with van der Waals surface area (Å²) in [6.45, 7) is 1.96. The van der Waals surface area contributed by atoms with Gasteiger partial charge in [0.2, 0.25) is 5.82 Å². The van der Waals surface area contributed by atoms with Crippen LogP contribution in [0.15, 0.2) is 9.59 Å². The van der Waals surface area contributed by atoms with Crippen LogP contribution in [0.2, 0.25) is 0 Å². The predicted molar refractivity (Wildman–Crippen MR) is 68.9 cm³/mol. The minimum Gasteiger partial charge on any atom is -0.360 e. The summed E-state index contributed by atoms with van der Waals surface area (Å²) in [5.74, 6) is 0.250. The van der Waals surface area contributed by atoms with Crippen molar-refractivity contribution in [1.82, 2.24) is 19.2 Å². The third kappa shape index (κ3) is 2.45. The first kappa shape index (κ1) is 12.8. The van der Waals surface area contributed by atoms with Crippen molar-refractivity contribution in [2.45, 2.75) is 18.9 Å². The highest BCUT2D eigenvalue weighted by Gasteiger charge is 2.19. The number of likely N-dealkylation sites (tertiary alicyclic amines) is 1. The fourth-order valence-corrected chi connectivity index (χ4v) is 2.27. The molecular formula is C11H19N5O2. The van der Waals surface area contributed by atoms with E-state index in [2.05, 4.69) is 22.4 Å². The number of nitrogens with one attached hydrogen (secondary N) is 1. The van der Waals surface area contributed by atoms with E-state index in [9.17, 15) is 9.59 Å². The summed E-state index contributed by atoms with van der Waals surface area (Å²) < 4.78 is 2.25. The van der Waals surface area contributed by atoms with Crippen LogP contribution < -0.4 is 16.6 Å². The van der Waals surface area contributed by atoms with Crippen molar-refractivity contribution in [1.29, 1.82) is 0 Å². The van der Waals surface area contributed by atoms with Gasteiger partial charge in [-0.15, -0.1) is 5.10 Å². The average molecular weight is 253 g/mol. The van der Waals surface area contributed by atoms with E-state index in [-0.39, 0.29) is 17.4 Å². The van der Waals surface area contributed by atoms with Crippen molar-refractivity contribution < 1.29 is 0 Å². The van der Waals surface area contributed by atoms with E-state index in [1.165, 1.54) is 11.7 Å². The molecule has 7 nitrogen and oxygen atoms in total. The largest absolute Gasteiger partial charge is 0.360 e. The minimum atomic E-state index is -0.411. The Labute approximate surface area is 105 Å². The van der Waals surface area contributed by atoms with Crippen LogP contribution in [0.4, 0.5) is 5.82 Å². The van der Waals surface area contributed by atoms with Gasteiger partial charge in [-0.25, -0.2) is 9.48 Å². The second kappa shape index (κ2) is 4.93. The second-order valence-corrected chi connectivity index (χ2v) is 4.86. The Morgan fingerprint density at radius 1 is 1.28 bits per heavy atom. The van der Waals surface area contributed by atoms with Crippen molar-refractivity contribution >= 4 is 5.82 Å². The quantitative estimate of drug-likeness (QED) is 0.731. The Bertz CT molecular complexity index is 547. The lowest BCUT2D eigenvalue weighted by molar-refractivity contribution is 0.260. The van der Waals surface area contributed by atoms with Crippen molar-refractivity contribution in [2.75, 3.05) is 25.5 Å². The molecule has 18 heavy (non-hydrogen) atoms. The van der Waals surface area contributed by atoms with E-state index in [0.29, 0.717) is 0 Å². The van der Waals surface area contributed by atoms with Crippen LogP contribution in [-0.2, 0) is 14.1 Å². The van der Waals surface area contributed by atoms with Gasteiger partial charge in [0, 0.05) is 26.7 Å². The fourth-order valence-electron chi connectivity index (χ4n) is 2.27. The maximum absolute atomic E-state index is 11.9. The lowest BCUT2D eigenvalue weighted by Crippen LogP contribution is -2.44. The molecule has 0 spiro atoms. The summed E-state index contributed by atoms with van der Waals surface area (Å²) in [6.07, 6.45) is 2.11. The first-order valence-electron chi connectivity index (χ1n) is 6.08. The molecule has 1 N–H and O–H groups in total. The van der Waals surface area contributed by atoms with Gasteiger partial charge in [0.05, 0.1) is 0 Å². The normalized spacial score (nSPS) is 20.9. The maximum Gasteiger partial charge on any atom is 0.346 e. The molecule has 1 saturated heterocycles. The number of piperidine rings is 1. The van der Waals surface area contributed by atoms with Crippen LogP contribution in [0.25, 0.3) is 0 Å². The third-order valence-electron chi connectivity index (χ3n) is 3.29. The van der Waals surface area contributed by atoms with Gasteiger partial charge in [-0.05, 0) is 26.4 Å².